The Hall–Kier alpha value is -1.93. The largest absolute Gasteiger partial charge is 0.489 e. The van der Waals surface area contributed by atoms with Gasteiger partial charge in [0, 0.05) is 30.7 Å². The van der Waals surface area contributed by atoms with E-state index in [4.69, 9.17) is 16.3 Å². The first kappa shape index (κ1) is 22.3. The molecule has 8 heteroatoms. The number of piperidine rings is 1. The van der Waals surface area contributed by atoms with E-state index in [1.807, 2.05) is 6.07 Å². The number of ether oxygens (including phenoxy) is 1. The molecule has 2 heterocycles. The van der Waals surface area contributed by atoms with Crippen molar-refractivity contribution in [3.05, 3.63) is 75.7 Å². The normalized spacial score (nSPS) is 19.9. The fourth-order valence-corrected chi connectivity index (χ4v) is 6.42. The van der Waals surface area contributed by atoms with E-state index in [2.05, 4.69) is 41.1 Å². The third kappa shape index (κ3) is 5.66. The maximum Gasteiger partial charge on any atom is 0.184 e. The highest BCUT2D eigenvalue weighted by Gasteiger charge is 2.27. The first-order valence-corrected chi connectivity index (χ1v) is 13.2. The molecule has 1 saturated heterocycles. The maximum absolute atomic E-state index is 12.6. The molecule has 2 aromatic carbocycles. The molecule has 0 saturated carbocycles. The van der Waals surface area contributed by atoms with Crippen LogP contribution in [-0.2, 0) is 22.1 Å². The van der Waals surface area contributed by atoms with Crippen LogP contribution in [0.1, 0.15) is 30.3 Å². The number of hydrogen-bond acceptors (Lipinski definition) is 6. The lowest BCUT2D eigenvalue weighted by molar-refractivity contribution is 0.0586. The molecule has 4 rings (SSSR count). The number of rotatable bonds is 7. The van der Waals surface area contributed by atoms with Gasteiger partial charge >= 0.3 is 0 Å². The van der Waals surface area contributed by atoms with Crippen molar-refractivity contribution in [1.29, 1.82) is 0 Å². The third-order valence-corrected chi connectivity index (χ3v) is 8.43. The average Bonchev–Trinajstić information content (AvgIpc) is 3.24. The second-order valence-corrected chi connectivity index (χ2v) is 11.2. The summed E-state index contributed by atoms with van der Waals surface area (Å²) in [5.74, 6) is 0.405. The highest BCUT2D eigenvalue weighted by Crippen LogP contribution is 2.32. The number of aromatic nitrogens is 1. The van der Waals surface area contributed by atoms with Gasteiger partial charge in [-0.25, -0.2) is 13.4 Å². The van der Waals surface area contributed by atoms with Crippen molar-refractivity contribution < 1.29 is 13.2 Å². The van der Waals surface area contributed by atoms with Gasteiger partial charge in [0.15, 0.2) is 9.84 Å². The zero-order valence-corrected chi connectivity index (χ0v) is 19.7. The standard InChI is InChI=1S/C23H25ClN2O3S2/c1-17-13-19(9-11-26(17)15-18-5-3-2-4-6-18)29-22-8-7-20(14-21(22)24)31(27,28)16-23-25-10-12-30-23/h2-8,10,12,14,17,19H,9,11,13,15-16H2,1H3/t17-,19?/m0/s1. The second-order valence-electron chi connectivity index (χ2n) is 7.85. The third-order valence-electron chi connectivity index (χ3n) is 5.55. The number of nitrogens with zero attached hydrogens (tertiary/aromatic N) is 2. The zero-order valence-electron chi connectivity index (χ0n) is 17.3. The van der Waals surface area contributed by atoms with Crippen LogP contribution in [0, 0.1) is 0 Å². The molecule has 31 heavy (non-hydrogen) atoms. The van der Waals surface area contributed by atoms with Crippen molar-refractivity contribution in [2.75, 3.05) is 6.54 Å². The smallest absolute Gasteiger partial charge is 0.184 e. The highest BCUT2D eigenvalue weighted by molar-refractivity contribution is 7.90. The molecule has 164 valence electrons. The zero-order chi connectivity index (χ0) is 21.8. The lowest BCUT2D eigenvalue weighted by atomic mass is 9.99. The minimum atomic E-state index is -3.50. The van der Waals surface area contributed by atoms with Crippen molar-refractivity contribution in [2.45, 2.75) is 49.1 Å². The van der Waals surface area contributed by atoms with Crippen molar-refractivity contribution in [1.82, 2.24) is 9.88 Å². The van der Waals surface area contributed by atoms with Crippen molar-refractivity contribution >= 4 is 32.8 Å². The fraction of sp³-hybridized carbons (Fsp3) is 0.348. The van der Waals surface area contributed by atoms with Crippen molar-refractivity contribution in [2.24, 2.45) is 0 Å². The SMILES string of the molecule is C[C@H]1CC(Oc2ccc(S(=O)(=O)Cc3nccs3)cc2Cl)CCN1Cc1ccccc1. The van der Waals surface area contributed by atoms with Crippen LogP contribution >= 0.6 is 22.9 Å². The molecule has 0 amide bonds. The molecule has 0 radical (unpaired) electrons. The van der Waals surface area contributed by atoms with E-state index in [9.17, 15) is 8.42 Å². The quantitative estimate of drug-likeness (QED) is 0.469. The average molecular weight is 477 g/mol. The second kappa shape index (κ2) is 9.69. The van der Waals surface area contributed by atoms with Crippen LogP contribution in [0.2, 0.25) is 5.02 Å². The molecule has 0 spiro atoms. The van der Waals surface area contributed by atoms with Crippen molar-refractivity contribution in [3.8, 4) is 5.75 Å². The Labute approximate surface area is 192 Å². The lowest BCUT2D eigenvalue weighted by Gasteiger charge is -2.37. The summed E-state index contributed by atoms with van der Waals surface area (Å²) in [6.07, 6.45) is 3.45. The molecule has 1 aliphatic rings. The summed E-state index contributed by atoms with van der Waals surface area (Å²) in [5.41, 5.74) is 1.31. The van der Waals surface area contributed by atoms with Gasteiger partial charge in [-0.05, 0) is 43.5 Å². The minimum Gasteiger partial charge on any atom is -0.489 e. The number of likely N-dealkylation sites (tertiary alicyclic amines) is 1. The van der Waals surface area contributed by atoms with E-state index in [1.165, 1.54) is 23.0 Å². The number of sulfone groups is 1. The van der Waals surface area contributed by atoms with Gasteiger partial charge in [0.25, 0.3) is 0 Å². The van der Waals surface area contributed by atoms with Gasteiger partial charge in [0.1, 0.15) is 22.6 Å². The molecule has 1 unspecified atom stereocenters. The van der Waals surface area contributed by atoms with Gasteiger partial charge in [-0.15, -0.1) is 11.3 Å². The Morgan fingerprint density at radius 3 is 2.71 bits per heavy atom. The maximum atomic E-state index is 12.6. The Kier molecular flexibility index (Phi) is 6.96. The topological polar surface area (TPSA) is 59.5 Å². The predicted molar refractivity (Wildman–Crippen MR) is 124 cm³/mol. The number of hydrogen-bond donors (Lipinski definition) is 0. The van der Waals surface area contributed by atoms with Crippen LogP contribution in [0.25, 0.3) is 0 Å². The van der Waals surface area contributed by atoms with E-state index in [0.717, 1.165) is 25.9 Å². The first-order chi connectivity index (χ1) is 14.9. The van der Waals surface area contributed by atoms with E-state index in [-0.39, 0.29) is 16.8 Å². The summed E-state index contributed by atoms with van der Waals surface area (Å²) in [4.78, 5) is 6.71. The van der Waals surface area contributed by atoms with E-state index in [0.29, 0.717) is 21.8 Å². The number of thiazole rings is 1. The summed E-state index contributed by atoms with van der Waals surface area (Å²) in [6.45, 7) is 4.09. The Morgan fingerprint density at radius 2 is 2.03 bits per heavy atom. The van der Waals surface area contributed by atoms with Crippen LogP contribution in [-0.4, -0.2) is 37.0 Å². The Balaban J connectivity index is 1.37. The van der Waals surface area contributed by atoms with Gasteiger partial charge in [-0.1, -0.05) is 41.9 Å². The molecule has 5 nitrogen and oxygen atoms in total. The molecule has 1 aromatic heterocycles. The van der Waals surface area contributed by atoms with E-state index >= 15 is 0 Å². The van der Waals surface area contributed by atoms with Gasteiger partial charge in [0.05, 0.1) is 9.92 Å². The molecular formula is C23H25ClN2O3S2. The van der Waals surface area contributed by atoms with Crippen LogP contribution in [0.15, 0.2) is 65.0 Å². The van der Waals surface area contributed by atoms with Crippen LogP contribution in [0.4, 0.5) is 0 Å². The Bertz CT molecular complexity index is 1110. The molecular weight excluding hydrogens is 452 g/mol. The molecule has 3 aromatic rings. The summed E-state index contributed by atoms with van der Waals surface area (Å²) in [5, 5.41) is 2.65. The Morgan fingerprint density at radius 1 is 1.23 bits per heavy atom. The van der Waals surface area contributed by atoms with Crippen LogP contribution in [0.3, 0.4) is 0 Å². The van der Waals surface area contributed by atoms with E-state index < -0.39 is 9.84 Å². The fourth-order valence-electron chi connectivity index (χ4n) is 3.86. The molecule has 1 fully saturated rings. The van der Waals surface area contributed by atoms with E-state index in [1.54, 1.807) is 23.7 Å². The molecule has 0 N–H and O–H groups in total. The monoisotopic (exact) mass is 476 g/mol. The number of halogens is 1. The summed E-state index contributed by atoms with van der Waals surface area (Å²) in [6, 6.07) is 15.6. The summed E-state index contributed by atoms with van der Waals surface area (Å²) in [7, 11) is -3.50. The number of benzene rings is 2. The van der Waals surface area contributed by atoms with Gasteiger partial charge in [0.2, 0.25) is 0 Å². The summed E-state index contributed by atoms with van der Waals surface area (Å²) < 4.78 is 31.5. The molecule has 0 aliphatic carbocycles. The van der Waals surface area contributed by atoms with Crippen molar-refractivity contribution in [3.63, 3.8) is 0 Å². The highest BCUT2D eigenvalue weighted by atomic mass is 35.5. The van der Waals surface area contributed by atoms with Crippen LogP contribution in [0.5, 0.6) is 5.75 Å². The van der Waals surface area contributed by atoms with Gasteiger partial charge in [-0.3, -0.25) is 4.90 Å². The first-order valence-electron chi connectivity index (χ1n) is 10.3. The predicted octanol–water partition coefficient (Wildman–Crippen LogP) is 5.20. The molecule has 1 aliphatic heterocycles. The van der Waals surface area contributed by atoms with Crippen LogP contribution < -0.4 is 4.74 Å². The molecule has 0 bridgehead atoms. The minimum absolute atomic E-state index is 0.0531. The molecule has 2 atom stereocenters. The van der Waals surface area contributed by atoms with Gasteiger partial charge in [-0.2, -0.15) is 0 Å². The lowest BCUT2D eigenvalue weighted by Crippen LogP contribution is -2.43. The van der Waals surface area contributed by atoms with Gasteiger partial charge < -0.3 is 4.74 Å². The summed E-state index contributed by atoms with van der Waals surface area (Å²) >= 11 is 7.72.